The highest BCUT2D eigenvalue weighted by Crippen LogP contribution is 2.20. The van der Waals surface area contributed by atoms with Crippen molar-refractivity contribution in [2.24, 2.45) is 5.73 Å². The Morgan fingerprint density at radius 3 is 2.76 bits per heavy atom. The van der Waals surface area contributed by atoms with Crippen LogP contribution in [0.1, 0.15) is 12.0 Å². The fourth-order valence-electron chi connectivity index (χ4n) is 2.10. The van der Waals surface area contributed by atoms with Crippen LogP contribution in [0.15, 0.2) is 18.3 Å². The molecule has 3 N–H and O–H groups in total. The van der Waals surface area contributed by atoms with Crippen molar-refractivity contribution < 1.29 is 0 Å². The predicted molar refractivity (Wildman–Crippen MR) is 69.6 cm³/mol. The summed E-state index contributed by atoms with van der Waals surface area (Å²) in [6.45, 7) is 2.05. The van der Waals surface area contributed by atoms with Crippen LogP contribution in [-0.2, 0) is 0 Å². The second kappa shape index (κ2) is 4.71. The minimum absolute atomic E-state index is 0.0663. The Bertz CT molecular complexity index is 398. The summed E-state index contributed by atoms with van der Waals surface area (Å²) in [7, 11) is 4.22. The Morgan fingerprint density at radius 1 is 1.53 bits per heavy atom. The molecule has 1 aliphatic rings. The summed E-state index contributed by atoms with van der Waals surface area (Å²) in [4.78, 5) is 8.89. The third kappa shape index (κ3) is 2.55. The molecular formula is C12H19N5. The minimum Gasteiger partial charge on any atom is -0.384 e. The number of aromatic nitrogens is 1. The molecule has 2 rings (SSSR count). The third-order valence-electron chi connectivity index (χ3n) is 3.28. The van der Waals surface area contributed by atoms with Gasteiger partial charge in [-0.25, -0.2) is 4.98 Å². The van der Waals surface area contributed by atoms with Gasteiger partial charge in [0, 0.05) is 30.9 Å². The van der Waals surface area contributed by atoms with E-state index in [-0.39, 0.29) is 5.84 Å². The molecule has 2 heterocycles. The van der Waals surface area contributed by atoms with Crippen molar-refractivity contribution >= 4 is 11.7 Å². The summed E-state index contributed by atoms with van der Waals surface area (Å²) in [5.41, 5.74) is 6.08. The average molecular weight is 233 g/mol. The van der Waals surface area contributed by atoms with Crippen LogP contribution in [-0.4, -0.2) is 48.9 Å². The number of nitrogens with two attached hydrogens (primary N) is 1. The molecule has 5 nitrogen and oxygen atoms in total. The van der Waals surface area contributed by atoms with Gasteiger partial charge in [0.1, 0.15) is 11.7 Å². The molecule has 0 aromatic carbocycles. The second-order valence-electron chi connectivity index (χ2n) is 4.67. The first kappa shape index (κ1) is 11.9. The van der Waals surface area contributed by atoms with E-state index in [9.17, 15) is 0 Å². The van der Waals surface area contributed by atoms with Crippen molar-refractivity contribution in [2.45, 2.75) is 12.5 Å². The van der Waals surface area contributed by atoms with Gasteiger partial charge in [0.2, 0.25) is 0 Å². The van der Waals surface area contributed by atoms with Crippen LogP contribution >= 0.6 is 0 Å². The van der Waals surface area contributed by atoms with E-state index in [1.807, 2.05) is 12.1 Å². The smallest absolute Gasteiger partial charge is 0.128 e. The van der Waals surface area contributed by atoms with Crippen LogP contribution in [0.25, 0.3) is 0 Å². The van der Waals surface area contributed by atoms with E-state index in [0.29, 0.717) is 11.6 Å². The Balaban J connectivity index is 2.06. The van der Waals surface area contributed by atoms with Gasteiger partial charge in [-0.2, -0.15) is 0 Å². The van der Waals surface area contributed by atoms with Gasteiger partial charge in [0.05, 0.1) is 0 Å². The maximum atomic E-state index is 7.32. The average Bonchev–Trinajstić information content (AvgIpc) is 2.78. The highest BCUT2D eigenvalue weighted by molar-refractivity contribution is 5.94. The molecule has 17 heavy (non-hydrogen) atoms. The van der Waals surface area contributed by atoms with E-state index in [4.69, 9.17) is 11.1 Å². The number of hydrogen-bond acceptors (Lipinski definition) is 4. The molecule has 0 amide bonds. The Hall–Kier alpha value is -1.62. The molecule has 5 heteroatoms. The molecule has 92 valence electrons. The van der Waals surface area contributed by atoms with Crippen LogP contribution in [0, 0.1) is 5.41 Å². The molecule has 1 aromatic rings. The Labute approximate surface area is 102 Å². The number of pyridine rings is 1. The normalized spacial score (nSPS) is 19.9. The van der Waals surface area contributed by atoms with Gasteiger partial charge in [-0.3, -0.25) is 5.41 Å². The maximum Gasteiger partial charge on any atom is 0.128 e. The fourth-order valence-corrected chi connectivity index (χ4v) is 2.10. The van der Waals surface area contributed by atoms with Crippen molar-refractivity contribution in [1.82, 2.24) is 9.88 Å². The lowest BCUT2D eigenvalue weighted by Crippen LogP contribution is -2.31. The van der Waals surface area contributed by atoms with Crippen LogP contribution in [0.4, 0.5) is 5.82 Å². The van der Waals surface area contributed by atoms with Crippen molar-refractivity contribution in [1.29, 1.82) is 5.41 Å². The lowest BCUT2D eigenvalue weighted by atomic mass is 10.2. The molecule has 1 atom stereocenters. The standard InChI is InChI=1S/C12H19N5/c1-16(2)10-5-6-17(8-10)11-4-3-9(7-15-11)12(13)14/h3-4,7,10H,5-6,8H2,1-2H3,(H3,13,14). The number of rotatable bonds is 3. The zero-order chi connectivity index (χ0) is 12.4. The topological polar surface area (TPSA) is 69.2 Å². The third-order valence-corrected chi connectivity index (χ3v) is 3.28. The quantitative estimate of drug-likeness (QED) is 0.589. The second-order valence-corrected chi connectivity index (χ2v) is 4.67. The Morgan fingerprint density at radius 2 is 2.29 bits per heavy atom. The number of amidine groups is 1. The van der Waals surface area contributed by atoms with Gasteiger partial charge < -0.3 is 15.5 Å². The van der Waals surface area contributed by atoms with Gasteiger partial charge >= 0.3 is 0 Å². The molecule has 0 aliphatic carbocycles. The lowest BCUT2D eigenvalue weighted by Gasteiger charge is -2.21. The zero-order valence-electron chi connectivity index (χ0n) is 10.3. The van der Waals surface area contributed by atoms with Gasteiger partial charge in [0.25, 0.3) is 0 Å². The van der Waals surface area contributed by atoms with Crippen molar-refractivity contribution in [2.75, 3.05) is 32.1 Å². The summed E-state index contributed by atoms with van der Waals surface area (Å²) >= 11 is 0. The largest absolute Gasteiger partial charge is 0.384 e. The minimum atomic E-state index is 0.0663. The van der Waals surface area contributed by atoms with E-state index in [2.05, 4.69) is 28.9 Å². The highest BCUT2D eigenvalue weighted by Gasteiger charge is 2.24. The van der Waals surface area contributed by atoms with Crippen LogP contribution < -0.4 is 10.6 Å². The summed E-state index contributed by atoms with van der Waals surface area (Å²) in [6.07, 6.45) is 2.84. The monoisotopic (exact) mass is 233 g/mol. The van der Waals surface area contributed by atoms with E-state index in [1.54, 1.807) is 6.20 Å². The van der Waals surface area contributed by atoms with Crippen LogP contribution in [0.5, 0.6) is 0 Å². The first-order chi connectivity index (χ1) is 8.08. The molecule has 1 aromatic heterocycles. The molecule has 0 bridgehead atoms. The van der Waals surface area contributed by atoms with Crippen LogP contribution in [0.2, 0.25) is 0 Å². The van der Waals surface area contributed by atoms with E-state index >= 15 is 0 Å². The molecular weight excluding hydrogens is 214 g/mol. The number of nitrogen functional groups attached to an aromatic ring is 1. The molecule has 1 unspecified atom stereocenters. The molecule has 1 fully saturated rings. The van der Waals surface area contributed by atoms with Crippen LogP contribution in [0.3, 0.4) is 0 Å². The van der Waals surface area contributed by atoms with E-state index in [0.717, 1.165) is 18.9 Å². The number of hydrogen-bond donors (Lipinski definition) is 2. The zero-order valence-corrected chi connectivity index (χ0v) is 10.3. The first-order valence-corrected chi connectivity index (χ1v) is 5.80. The van der Waals surface area contributed by atoms with Gasteiger partial charge in [-0.15, -0.1) is 0 Å². The van der Waals surface area contributed by atoms with Gasteiger partial charge in [0.15, 0.2) is 0 Å². The SMILES string of the molecule is CN(C)C1CCN(c2ccc(C(=N)N)cn2)C1. The first-order valence-electron chi connectivity index (χ1n) is 5.80. The molecule has 0 saturated carbocycles. The maximum absolute atomic E-state index is 7.32. The van der Waals surface area contributed by atoms with Gasteiger partial charge in [-0.1, -0.05) is 0 Å². The number of anilines is 1. The predicted octanol–water partition coefficient (Wildman–Crippen LogP) is 0.506. The van der Waals surface area contributed by atoms with Crippen molar-refractivity contribution in [3.63, 3.8) is 0 Å². The van der Waals surface area contributed by atoms with Crippen molar-refractivity contribution in [3.8, 4) is 0 Å². The molecule has 0 radical (unpaired) electrons. The fraction of sp³-hybridized carbons (Fsp3) is 0.500. The molecule has 1 aliphatic heterocycles. The lowest BCUT2D eigenvalue weighted by molar-refractivity contribution is 0.315. The summed E-state index contributed by atoms with van der Waals surface area (Å²) in [6, 6.07) is 4.40. The molecule has 0 spiro atoms. The summed E-state index contributed by atoms with van der Waals surface area (Å²) in [5, 5.41) is 7.32. The van der Waals surface area contributed by atoms with E-state index < -0.39 is 0 Å². The van der Waals surface area contributed by atoms with E-state index in [1.165, 1.54) is 6.42 Å². The van der Waals surface area contributed by atoms with Gasteiger partial charge in [-0.05, 0) is 32.6 Å². The summed E-state index contributed by atoms with van der Waals surface area (Å²) < 4.78 is 0. The highest BCUT2D eigenvalue weighted by atomic mass is 15.3. The number of likely N-dealkylation sites (N-methyl/N-ethyl adjacent to an activating group) is 1. The number of nitrogens with one attached hydrogen (secondary N) is 1. The Kier molecular flexibility index (Phi) is 3.28. The number of nitrogens with zero attached hydrogens (tertiary/aromatic N) is 3. The van der Waals surface area contributed by atoms with Crippen molar-refractivity contribution in [3.05, 3.63) is 23.9 Å². The summed E-state index contributed by atoms with van der Waals surface area (Å²) in [5.74, 6) is 1.04. The molecule has 1 saturated heterocycles.